The van der Waals surface area contributed by atoms with Crippen molar-refractivity contribution in [2.24, 2.45) is 0 Å². The normalized spacial score (nSPS) is 10.2. The molecule has 0 bridgehead atoms. The van der Waals surface area contributed by atoms with Crippen molar-refractivity contribution in [3.05, 3.63) is 53.5 Å². The van der Waals surface area contributed by atoms with Crippen molar-refractivity contribution < 1.29 is 18.0 Å². The molecular weight excluding hydrogens is 271 g/mol. The van der Waals surface area contributed by atoms with Crippen LogP contribution in [0.4, 0.5) is 24.7 Å². The molecule has 2 aromatic rings. The fraction of sp³-hybridized carbons (Fsp3) is 0.0769. The van der Waals surface area contributed by atoms with Gasteiger partial charge in [-0.2, -0.15) is 0 Å². The molecule has 4 nitrogen and oxygen atoms in total. The molecule has 1 aromatic heterocycles. The molecule has 0 saturated carbocycles. The number of aromatic nitrogens is 1. The van der Waals surface area contributed by atoms with Crippen LogP contribution in [0.3, 0.4) is 0 Å². The number of amides is 1. The van der Waals surface area contributed by atoms with Gasteiger partial charge in [-0.05, 0) is 12.1 Å². The van der Waals surface area contributed by atoms with E-state index in [2.05, 4.69) is 10.3 Å². The number of halogens is 3. The maximum atomic E-state index is 13.4. The summed E-state index contributed by atoms with van der Waals surface area (Å²) in [5, 5.41) is 4.75. The first-order chi connectivity index (χ1) is 9.51. The number of anilines is 2. The van der Waals surface area contributed by atoms with Gasteiger partial charge in [0.1, 0.15) is 23.0 Å². The van der Waals surface area contributed by atoms with Gasteiger partial charge in [0.25, 0.3) is 5.91 Å². The summed E-state index contributed by atoms with van der Waals surface area (Å²) in [4.78, 5) is 15.8. The van der Waals surface area contributed by atoms with Gasteiger partial charge in [-0.1, -0.05) is 6.07 Å². The molecule has 104 valence electrons. The highest BCUT2D eigenvalue weighted by atomic mass is 19.1. The monoisotopic (exact) mass is 281 g/mol. The smallest absolute Gasteiger partial charge is 0.274 e. The Hall–Kier alpha value is -2.57. The molecule has 20 heavy (non-hydrogen) atoms. The summed E-state index contributed by atoms with van der Waals surface area (Å²) >= 11 is 0. The summed E-state index contributed by atoms with van der Waals surface area (Å²) in [5.74, 6) is -3.82. The second-order valence-electron chi connectivity index (χ2n) is 3.86. The van der Waals surface area contributed by atoms with Crippen LogP contribution in [0.1, 0.15) is 10.5 Å². The van der Waals surface area contributed by atoms with Crippen LogP contribution in [0.25, 0.3) is 0 Å². The van der Waals surface area contributed by atoms with Gasteiger partial charge in [-0.15, -0.1) is 0 Å². The number of nitrogens with zero attached hydrogens (tertiary/aromatic N) is 1. The second kappa shape index (κ2) is 5.60. The van der Waals surface area contributed by atoms with Crippen LogP contribution in [0.15, 0.2) is 30.3 Å². The molecule has 0 aliphatic heterocycles. The molecule has 0 atom stereocenters. The van der Waals surface area contributed by atoms with E-state index >= 15 is 0 Å². The van der Waals surface area contributed by atoms with Gasteiger partial charge in [0.2, 0.25) is 0 Å². The SMILES string of the molecule is CNc1cccc(C(=O)Nc2c(F)cc(F)cc2F)n1. The van der Waals surface area contributed by atoms with E-state index in [0.29, 0.717) is 18.0 Å². The molecule has 0 spiro atoms. The van der Waals surface area contributed by atoms with Gasteiger partial charge in [-0.25, -0.2) is 18.2 Å². The van der Waals surface area contributed by atoms with Crippen LogP contribution in [0.2, 0.25) is 0 Å². The summed E-state index contributed by atoms with van der Waals surface area (Å²) < 4.78 is 39.6. The van der Waals surface area contributed by atoms with Crippen LogP contribution >= 0.6 is 0 Å². The molecule has 0 aliphatic rings. The highest BCUT2D eigenvalue weighted by molar-refractivity contribution is 6.03. The van der Waals surface area contributed by atoms with Gasteiger partial charge >= 0.3 is 0 Å². The Morgan fingerprint density at radius 1 is 1.15 bits per heavy atom. The minimum absolute atomic E-state index is 0.0278. The maximum absolute atomic E-state index is 13.4. The lowest BCUT2D eigenvalue weighted by Gasteiger charge is -2.08. The quantitative estimate of drug-likeness (QED) is 0.909. The maximum Gasteiger partial charge on any atom is 0.274 e. The van der Waals surface area contributed by atoms with Crippen molar-refractivity contribution in [3.8, 4) is 0 Å². The molecule has 2 rings (SSSR count). The molecule has 0 radical (unpaired) electrons. The third-order valence-corrected chi connectivity index (χ3v) is 2.48. The Labute approximate surface area is 112 Å². The third-order valence-electron chi connectivity index (χ3n) is 2.48. The summed E-state index contributed by atoms with van der Waals surface area (Å²) in [6, 6.07) is 5.53. The largest absolute Gasteiger partial charge is 0.373 e. The molecule has 0 fully saturated rings. The highest BCUT2D eigenvalue weighted by Crippen LogP contribution is 2.20. The van der Waals surface area contributed by atoms with Crippen molar-refractivity contribution in [1.82, 2.24) is 4.98 Å². The first-order valence-corrected chi connectivity index (χ1v) is 5.62. The predicted octanol–water partition coefficient (Wildman–Crippen LogP) is 2.79. The van der Waals surface area contributed by atoms with E-state index in [9.17, 15) is 18.0 Å². The lowest BCUT2D eigenvalue weighted by molar-refractivity contribution is 0.102. The van der Waals surface area contributed by atoms with Crippen LogP contribution in [0.5, 0.6) is 0 Å². The van der Waals surface area contributed by atoms with E-state index in [1.807, 2.05) is 5.32 Å². The molecule has 7 heteroatoms. The number of hydrogen-bond donors (Lipinski definition) is 2. The zero-order valence-corrected chi connectivity index (χ0v) is 10.4. The van der Waals surface area contributed by atoms with Gasteiger partial charge < -0.3 is 10.6 Å². The van der Waals surface area contributed by atoms with Crippen LogP contribution < -0.4 is 10.6 Å². The zero-order chi connectivity index (χ0) is 14.7. The van der Waals surface area contributed by atoms with Gasteiger partial charge in [0, 0.05) is 19.2 Å². The fourth-order valence-corrected chi connectivity index (χ4v) is 1.54. The molecule has 1 aromatic carbocycles. The van der Waals surface area contributed by atoms with Crippen molar-refractivity contribution in [2.75, 3.05) is 17.7 Å². The Bertz CT molecular complexity index is 638. The van der Waals surface area contributed by atoms with Crippen LogP contribution in [-0.4, -0.2) is 17.9 Å². The van der Waals surface area contributed by atoms with Crippen LogP contribution in [-0.2, 0) is 0 Å². The molecule has 0 unspecified atom stereocenters. The van der Waals surface area contributed by atoms with E-state index in [-0.39, 0.29) is 5.69 Å². The summed E-state index contributed by atoms with van der Waals surface area (Å²) in [6.07, 6.45) is 0. The Morgan fingerprint density at radius 2 is 1.80 bits per heavy atom. The Balaban J connectivity index is 2.28. The first-order valence-electron chi connectivity index (χ1n) is 5.62. The predicted molar refractivity (Wildman–Crippen MR) is 68.1 cm³/mol. The van der Waals surface area contributed by atoms with E-state index in [1.165, 1.54) is 6.07 Å². The Kier molecular flexibility index (Phi) is 3.88. The Morgan fingerprint density at radius 3 is 2.40 bits per heavy atom. The number of pyridine rings is 1. The lowest BCUT2D eigenvalue weighted by Crippen LogP contribution is -2.16. The molecule has 0 aliphatic carbocycles. The minimum Gasteiger partial charge on any atom is -0.373 e. The third kappa shape index (κ3) is 2.87. The number of benzene rings is 1. The number of hydrogen-bond acceptors (Lipinski definition) is 3. The van der Waals surface area contributed by atoms with Gasteiger partial charge in [0.15, 0.2) is 11.6 Å². The highest BCUT2D eigenvalue weighted by Gasteiger charge is 2.16. The summed E-state index contributed by atoms with van der Waals surface area (Å²) in [6.45, 7) is 0. The van der Waals surface area contributed by atoms with Crippen molar-refractivity contribution in [1.29, 1.82) is 0 Å². The lowest BCUT2D eigenvalue weighted by atomic mass is 10.2. The zero-order valence-electron chi connectivity index (χ0n) is 10.4. The van der Waals surface area contributed by atoms with Crippen molar-refractivity contribution in [2.45, 2.75) is 0 Å². The summed E-state index contributed by atoms with van der Waals surface area (Å²) in [7, 11) is 1.61. The van der Waals surface area contributed by atoms with E-state index < -0.39 is 29.0 Å². The average molecular weight is 281 g/mol. The van der Waals surface area contributed by atoms with E-state index in [0.717, 1.165) is 0 Å². The molecule has 1 heterocycles. The summed E-state index contributed by atoms with van der Waals surface area (Å²) in [5.41, 5.74) is -0.743. The second-order valence-corrected chi connectivity index (χ2v) is 3.86. The number of carbonyl (C=O) groups excluding carboxylic acids is 1. The molecule has 1 amide bonds. The van der Waals surface area contributed by atoms with E-state index in [1.54, 1.807) is 19.2 Å². The van der Waals surface area contributed by atoms with Crippen molar-refractivity contribution in [3.63, 3.8) is 0 Å². The topological polar surface area (TPSA) is 54.0 Å². The van der Waals surface area contributed by atoms with Crippen LogP contribution in [0, 0.1) is 17.5 Å². The number of rotatable bonds is 3. The van der Waals surface area contributed by atoms with Gasteiger partial charge in [0.05, 0.1) is 0 Å². The van der Waals surface area contributed by atoms with Gasteiger partial charge in [-0.3, -0.25) is 4.79 Å². The average Bonchev–Trinajstić information content (AvgIpc) is 2.42. The standard InChI is InChI=1S/C13H10F3N3O/c1-17-11-4-2-3-10(18-11)13(20)19-12-8(15)5-7(14)6-9(12)16/h2-6H,1H3,(H,17,18)(H,19,20). The first kappa shape index (κ1) is 13.9. The minimum atomic E-state index is -1.19. The number of nitrogens with one attached hydrogen (secondary N) is 2. The number of carbonyl (C=O) groups is 1. The fourth-order valence-electron chi connectivity index (χ4n) is 1.54. The molecular formula is C13H10F3N3O. The van der Waals surface area contributed by atoms with Crippen molar-refractivity contribution >= 4 is 17.4 Å². The molecule has 2 N–H and O–H groups in total. The molecule has 0 saturated heterocycles. The van der Waals surface area contributed by atoms with E-state index in [4.69, 9.17) is 0 Å².